The lowest BCUT2D eigenvalue weighted by Gasteiger charge is -2.29. The fraction of sp³-hybridized carbons (Fsp3) is 0.479. The highest BCUT2D eigenvalue weighted by Gasteiger charge is 2.33. The zero-order chi connectivity index (χ0) is 44.2. The number of carbonyl (C=O) groups excluding carboxylic acids is 3. The molecule has 2 amide bonds. The number of benzene rings is 3. The molecule has 336 valence electrons. The van der Waals surface area contributed by atoms with Gasteiger partial charge in [0.15, 0.2) is 0 Å². The topological polar surface area (TPSA) is 160 Å². The van der Waals surface area contributed by atoms with Crippen LogP contribution in [0, 0.1) is 12.3 Å². The van der Waals surface area contributed by atoms with Gasteiger partial charge in [-0.1, -0.05) is 50.2 Å². The van der Waals surface area contributed by atoms with Crippen molar-refractivity contribution in [2.24, 2.45) is 5.41 Å². The van der Waals surface area contributed by atoms with Gasteiger partial charge in [0.1, 0.15) is 5.00 Å². The maximum Gasteiger partial charge on any atom is 0.337 e. The van der Waals surface area contributed by atoms with Crippen molar-refractivity contribution in [1.82, 2.24) is 0 Å². The predicted molar refractivity (Wildman–Crippen MR) is 240 cm³/mol. The van der Waals surface area contributed by atoms with Crippen LogP contribution in [0.1, 0.15) is 84.0 Å². The first kappa shape index (κ1) is 48.5. The molecular formula is C48H62N2O11S. The summed E-state index contributed by atoms with van der Waals surface area (Å²) in [5.41, 5.74) is 7.41. The number of methoxy groups -OCH3 is 1. The smallest absolute Gasteiger partial charge is 0.337 e. The molecule has 62 heavy (non-hydrogen) atoms. The van der Waals surface area contributed by atoms with Gasteiger partial charge in [-0.2, -0.15) is 0 Å². The van der Waals surface area contributed by atoms with Crippen LogP contribution in [0.25, 0.3) is 0 Å². The lowest BCUT2D eigenvalue weighted by atomic mass is 9.77. The van der Waals surface area contributed by atoms with Crippen molar-refractivity contribution in [1.29, 1.82) is 0 Å². The second-order valence-electron chi connectivity index (χ2n) is 15.8. The Kier molecular flexibility index (Phi) is 20.0. The Morgan fingerprint density at radius 3 is 1.89 bits per heavy atom. The molecule has 0 saturated carbocycles. The number of amides is 2. The van der Waals surface area contributed by atoms with E-state index >= 15 is 0 Å². The Bertz CT molecular complexity index is 2030. The van der Waals surface area contributed by atoms with Gasteiger partial charge < -0.3 is 48.9 Å². The van der Waals surface area contributed by atoms with E-state index in [9.17, 15) is 14.4 Å². The summed E-state index contributed by atoms with van der Waals surface area (Å²) in [6.07, 6.45) is 4.15. The van der Waals surface area contributed by atoms with Gasteiger partial charge >= 0.3 is 5.97 Å². The van der Waals surface area contributed by atoms with E-state index in [0.29, 0.717) is 101 Å². The molecular weight excluding hydrogens is 813 g/mol. The number of fused-ring (bicyclic) bond motifs is 1. The summed E-state index contributed by atoms with van der Waals surface area (Å²) in [5, 5.41) is 15.5. The molecule has 0 bridgehead atoms. The number of hydrogen-bond acceptors (Lipinski definition) is 12. The quantitative estimate of drug-likeness (QED) is 0.0410. The van der Waals surface area contributed by atoms with Crippen molar-refractivity contribution in [2.45, 2.75) is 59.5 Å². The van der Waals surface area contributed by atoms with Gasteiger partial charge in [-0.25, -0.2) is 4.79 Å². The van der Waals surface area contributed by atoms with E-state index in [1.807, 2.05) is 49.4 Å². The zero-order valence-electron chi connectivity index (χ0n) is 36.5. The molecule has 14 heteroatoms. The molecule has 0 radical (unpaired) electrons. The number of nitrogens with one attached hydrogen (secondary N) is 2. The third kappa shape index (κ3) is 15.7. The van der Waals surface area contributed by atoms with Gasteiger partial charge in [0.2, 0.25) is 0 Å². The van der Waals surface area contributed by atoms with Crippen molar-refractivity contribution in [2.75, 3.05) is 97.0 Å². The average Bonchev–Trinajstić information content (AvgIpc) is 3.61. The van der Waals surface area contributed by atoms with Crippen molar-refractivity contribution in [3.63, 3.8) is 0 Å². The van der Waals surface area contributed by atoms with Crippen LogP contribution in [0.15, 0.2) is 66.7 Å². The molecule has 1 aliphatic rings. The van der Waals surface area contributed by atoms with Gasteiger partial charge in [-0.3, -0.25) is 9.59 Å². The van der Waals surface area contributed by atoms with Gasteiger partial charge in [-0.05, 0) is 103 Å². The molecule has 5 rings (SSSR count). The standard InChI is InChI=1S/C48H62N2O11S/c1-34-30-36(9-8-35-10-13-38(14-11-35)47(54)55-4)12-15-41(34)49-45(53)43-40-16-17-48(2,3)32-42(40)62-46(43)50-44(52)39-7-5-6-37(31-39)33-61-29-28-60-27-26-59-25-24-58-23-22-57-21-20-56-19-18-51/h5-7,10-15,30-31,51H,8-9,16-29,32-33H2,1-4H3,(H,49,53)(H,50,52). The SMILES string of the molecule is COC(=O)c1ccc(CCc2ccc(NC(=O)c3c(NC(=O)c4cccc(COCCOCCOCCOCCOCCOCCO)c4)sc4c3CCC(C)(C)C4)c(C)c2)cc1. The van der Waals surface area contributed by atoms with E-state index in [2.05, 4.69) is 30.5 Å². The molecule has 0 aliphatic heterocycles. The van der Waals surface area contributed by atoms with Crippen LogP contribution in [0.5, 0.6) is 0 Å². The highest BCUT2D eigenvalue weighted by Crippen LogP contribution is 2.44. The molecule has 1 aliphatic carbocycles. The predicted octanol–water partition coefficient (Wildman–Crippen LogP) is 7.24. The Morgan fingerprint density at radius 2 is 1.27 bits per heavy atom. The highest BCUT2D eigenvalue weighted by atomic mass is 32.1. The van der Waals surface area contributed by atoms with Crippen LogP contribution >= 0.6 is 11.3 Å². The highest BCUT2D eigenvalue weighted by molar-refractivity contribution is 7.17. The number of aliphatic hydroxyl groups excluding tert-OH is 1. The largest absolute Gasteiger partial charge is 0.465 e. The molecule has 0 atom stereocenters. The fourth-order valence-corrected chi connectivity index (χ4v) is 8.48. The van der Waals surface area contributed by atoms with Crippen LogP contribution in [0.3, 0.4) is 0 Å². The summed E-state index contributed by atoms with van der Waals surface area (Å²) in [4.78, 5) is 40.8. The van der Waals surface area contributed by atoms with Crippen LogP contribution in [0.4, 0.5) is 10.7 Å². The molecule has 3 N–H and O–H groups in total. The molecule has 13 nitrogen and oxygen atoms in total. The summed E-state index contributed by atoms with van der Waals surface area (Å²) in [6.45, 7) is 11.6. The van der Waals surface area contributed by atoms with Crippen molar-refractivity contribution in [3.05, 3.63) is 116 Å². The third-order valence-electron chi connectivity index (χ3n) is 10.4. The molecule has 1 aromatic heterocycles. The van der Waals surface area contributed by atoms with E-state index in [1.165, 1.54) is 18.4 Å². The van der Waals surface area contributed by atoms with Crippen molar-refractivity contribution in [3.8, 4) is 0 Å². The number of aliphatic hydroxyl groups is 1. The van der Waals surface area contributed by atoms with Gasteiger partial charge in [0.05, 0.1) is 104 Å². The monoisotopic (exact) mass is 874 g/mol. The van der Waals surface area contributed by atoms with Crippen LogP contribution in [-0.4, -0.2) is 109 Å². The van der Waals surface area contributed by atoms with E-state index in [-0.39, 0.29) is 29.8 Å². The first-order valence-corrected chi connectivity index (χ1v) is 22.1. The van der Waals surface area contributed by atoms with E-state index in [4.69, 9.17) is 38.3 Å². The maximum atomic E-state index is 14.1. The summed E-state index contributed by atoms with van der Waals surface area (Å²) in [6, 6.07) is 20.8. The van der Waals surface area contributed by atoms with E-state index in [0.717, 1.165) is 70.5 Å². The normalized spacial score (nSPS) is 13.1. The number of rotatable bonds is 27. The van der Waals surface area contributed by atoms with Gasteiger partial charge in [0, 0.05) is 16.1 Å². The molecule has 0 unspecified atom stereocenters. The number of hydrogen-bond donors (Lipinski definition) is 3. The minimum atomic E-state index is -0.354. The molecule has 4 aromatic rings. The first-order valence-electron chi connectivity index (χ1n) is 21.3. The van der Waals surface area contributed by atoms with Crippen molar-refractivity contribution >= 4 is 39.8 Å². The molecule has 0 spiro atoms. The number of thiophene rings is 1. The molecule has 3 aromatic carbocycles. The fourth-order valence-electron chi connectivity index (χ4n) is 6.99. The third-order valence-corrected chi connectivity index (χ3v) is 11.6. The van der Waals surface area contributed by atoms with Crippen molar-refractivity contribution < 1.29 is 52.6 Å². The van der Waals surface area contributed by atoms with E-state index in [1.54, 1.807) is 18.2 Å². The maximum absolute atomic E-state index is 14.1. The minimum Gasteiger partial charge on any atom is -0.465 e. The second kappa shape index (κ2) is 25.6. The number of esters is 1. The zero-order valence-corrected chi connectivity index (χ0v) is 37.3. The number of aryl methyl sites for hydroxylation is 3. The second-order valence-corrected chi connectivity index (χ2v) is 16.9. The minimum absolute atomic E-state index is 0.00667. The summed E-state index contributed by atoms with van der Waals surface area (Å²) in [7, 11) is 1.37. The Labute approximate surface area is 369 Å². The number of anilines is 2. The molecule has 0 fully saturated rings. The van der Waals surface area contributed by atoms with Crippen LogP contribution < -0.4 is 10.6 Å². The number of ether oxygens (including phenoxy) is 7. The summed E-state index contributed by atoms with van der Waals surface area (Å²) < 4.78 is 37.7. The van der Waals surface area contributed by atoms with E-state index < -0.39 is 0 Å². The molecule has 0 saturated heterocycles. The lowest BCUT2D eigenvalue weighted by molar-refractivity contribution is -0.0190. The summed E-state index contributed by atoms with van der Waals surface area (Å²) in [5.74, 6) is -0.880. The average molecular weight is 875 g/mol. The first-order chi connectivity index (χ1) is 30.1. The van der Waals surface area contributed by atoms with Crippen LogP contribution in [-0.2, 0) is 65.4 Å². The Hall–Kier alpha value is -4.51. The lowest BCUT2D eigenvalue weighted by Crippen LogP contribution is -2.23. The Balaban J connectivity index is 1.07. The summed E-state index contributed by atoms with van der Waals surface area (Å²) >= 11 is 1.49. The van der Waals surface area contributed by atoms with Crippen LogP contribution in [0.2, 0.25) is 0 Å². The van der Waals surface area contributed by atoms with Gasteiger partial charge in [0.25, 0.3) is 11.8 Å². The van der Waals surface area contributed by atoms with Gasteiger partial charge in [-0.15, -0.1) is 11.3 Å². The molecule has 1 heterocycles. The Morgan fingerprint density at radius 1 is 0.677 bits per heavy atom. The number of carbonyl (C=O) groups is 3.